The lowest BCUT2D eigenvalue weighted by Gasteiger charge is -2.17. The molecule has 0 radical (unpaired) electrons. The van der Waals surface area contributed by atoms with Crippen LogP contribution in [-0.4, -0.2) is 42.2 Å². The zero-order valence-electron chi connectivity index (χ0n) is 16.5. The van der Waals surface area contributed by atoms with Crippen LogP contribution in [0.2, 0.25) is 0 Å². The van der Waals surface area contributed by atoms with Crippen molar-refractivity contribution in [2.24, 2.45) is 0 Å². The molecule has 5 rings (SSSR count). The van der Waals surface area contributed by atoms with Gasteiger partial charge < -0.3 is 26.2 Å². The standard InChI is InChI=1S/C22H22BrN5O2S/c23-14-10-12-3-1-11(9-16(12)27-20(14)25)2-4-17-18(29)19(30)22(31-17)28-8-6-13-15(24)5-7-26-21(13)28/h1,3,5-10,17-19,22,29-30H,2,4H2,(H2,24,26)(H2,25,27)/t17-,18-,19-,22-/m1/s1. The SMILES string of the molecule is Nc1nc2cc(CC[C@H]3S[C@@H](n4ccc5c(N)ccnc54)[C@H](O)[C@@H]3O)ccc2cc1Br. The minimum Gasteiger partial charge on any atom is -0.398 e. The minimum atomic E-state index is -0.885. The van der Waals surface area contributed by atoms with Crippen molar-refractivity contribution in [2.45, 2.75) is 35.7 Å². The van der Waals surface area contributed by atoms with Crippen molar-refractivity contribution >= 4 is 61.1 Å². The molecule has 9 heteroatoms. The molecule has 3 aromatic heterocycles. The second-order valence-electron chi connectivity index (χ2n) is 7.83. The predicted octanol–water partition coefficient (Wildman–Crippen LogP) is 3.48. The molecule has 1 aliphatic rings. The van der Waals surface area contributed by atoms with Crippen molar-refractivity contribution in [1.82, 2.24) is 14.5 Å². The quantitative estimate of drug-likeness (QED) is 0.338. The van der Waals surface area contributed by atoms with Gasteiger partial charge in [-0.2, -0.15) is 0 Å². The molecule has 6 N–H and O–H groups in total. The molecule has 4 heterocycles. The fourth-order valence-electron chi connectivity index (χ4n) is 4.15. The van der Waals surface area contributed by atoms with Gasteiger partial charge >= 0.3 is 0 Å². The highest BCUT2D eigenvalue weighted by Gasteiger charge is 2.43. The zero-order chi connectivity index (χ0) is 21.7. The van der Waals surface area contributed by atoms with E-state index in [-0.39, 0.29) is 10.6 Å². The number of aliphatic hydroxyl groups excluding tert-OH is 2. The average molecular weight is 500 g/mol. The summed E-state index contributed by atoms with van der Waals surface area (Å²) >= 11 is 4.98. The van der Waals surface area contributed by atoms with Gasteiger partial charge in [-0.25, -0.2) is 9.97 Å². The molecule has 1 fully saturated rings. The third-order valence-electron chi connectivity index (χ3n) is 5.84. The van der Waals surface area contributed by atoms with E-state index in [0.717, 1.165) is 39.2 Å². The predicted molar refractivity (Wildman–Crippen MR) is 129 cm³/mol. The van der Waals surface area contributed by atoms with Crippen LogP contribution in [0.15, 0.2) is 53.3 Å². The molecular formula is C22H22BrN5O2S. The second kappa shape index (κ2) is 7.98. The number of fused-ring (bicyclic) bond motifs is 2. The van der Waals surface area contributed by atoms with Gasteiger partial charge in [-0.1, -0.05) is 12.1 Å². The number of benzene rings is 1. The van der Waals surface area contributed by atoms with Crippen molar-refractivity contribution in [1.29, 1.82) is 0 Å². The van der Waals surface area contributed by atoms with Crippen LogP contribution in [0.4, 0.5) is 11.5 Å². The largest absolute Gasteiger partial charge is 0.398 e. The Kier molecular flexibility index (Phi) is 5.29. The third kappa shape index (κ3) is 3.65. The van der Waals surface area contributed by atoms with E-state index in [9.17, 15) is 10.2 Å². The molecule has 160 valence electrons. The van der Waals surface area contributed by atoms with Gasteiger partial charge in [0.05, 0.1) is 16.1 Å². The van der Waals surface area contributed by atoms with Gasteiger partial charge in [-0.05, 0) is 58.6 Å². The Bertz CT molecular complexity index is 1280. The normalized spacial score (nSPS) is 23.7. The lowest BCUT2D eigenvalue weighted by atomic mass is 10.0. The van der Waals surface area contributed by atoms with E-state index < -0.39 is 12.2 Å². The summed E-state index contributed by atoms with van der Waals surface area (Å²) in [4.78, 5) is 8.86. The highest BCUT2D eigenvalue weighted by atomic mass is 79.9. The van der Waals surface area contributed by atoms with E-state index in [1.54, 1.807) is 24.0 Å². The van der Waals surface area contributed by atoms with E-state index in [1.165, 1.54) is 0 Å². The van der Waals surface area contributed by atoms with Crippen LogP contribution in [0.5, 0.6) is 0 Å². The van der Waals surface area contributed by atoms with Gasteiger partial charge in [0.25, 0.3) is 0 Å². The molecule has 0 unspecified atom stereocenters. The summed E-state index contributed by atoms with van der Waals surface area (Å²) in [6.07, 6.45) is 3.32. The average Bonchev–Trinajstić information content (AvgIpc) is 3.30. The number of halogens is 1. The maximum atomic E-state index is 10.7. The summed E-state index contributed by atoms with van der Waals surface area (Å²) in [5.41, 5.74) is 15.3. The first kappa shape index (κ1) is 20.6. The van der Waals surface area contributed by atoms with Crippen molar-refractivity contribution in [3.63, 3.8) is 0 Å². The molecule has 1 aliphatic heterocycles. The number of anilines is 2. The first-order chi connectivity index (χ1) is 14.9. The Labute approximate surface area is 191 Å². The highest BCUT2D eigenvalue weighted by Crippen LogP contribution is 2.45. The lowest BCUT2D eigenvalue weighted by molar-refractivity contribution is 0.0176. The molecule has 0 saturated carbocycles. The first-order valence-corrected chi connectivity index (χ1v) is 11.7. The molecule has 4 aromatic rings. The third-order valence-corrected chi connectivity index (χ3v) is 8.12. The summed E-state index contributed by atoms with van der Waals surface area (Å²) in [6.45, 7) is 0. The van der Waals surface area contributed by atoms with E-state index >= 15 is 0 Å². The fraction of sp³-hybridized carbons (Fsp3) is 0.273. The van der Waals surface area contributed by atoms with Crippen molar-refractivity contribution in [3.05, 3.63) is 58.8 Å². The molecular weight excluding hydrogens is 478 g/mol. The number of hydrogen-bond donors (Lipinski definition) is 4. The number of aromatic nitrogens is 3. The van der Waals surface area contributed by atoms with Gasteiger partial charge in [0, 0.05) is 34.1 Å². The number of nitrogens with two attached hydrogens (primary N) is 2. The number of rotatable bonds is 4. The van der Waals surface area contributed by atoms with Gasteiger partial charge in [-0.15, -0.1) is 11.8 Å². The maximum Gasteiger partial charge on any atom is 0.142 e. The molecule has 0 aliphatic carbocycles. The van der Waals surface area contributed by atoms with Crippen LogP contribution in [-0.2, 0) is 6.42 Å². The first-order valence-electron chi connectivity index (χ1n) is 9.99. The van der Waals surface area contributed by atoms with E-state index in [0.29, 0.717) is 17.2 Å². The van der Waals surface area contributed by atoms with Crippen LogP contribution in [0.3, 0.4) is 0 Å². The van der Waals surface area contributed by atoms with Crippen molar-refractivity contribution in [3.8, 4) is 0 Å². The molecule has 0 spiro atoms. The minimum absolute atomic E-state index is 0.0999. The summed E-state index contributed by atoms with van der Waals surface area (Å²) in [7, 11) is 0. The Balaban J connectivity index is 1.34. The Hall–Kier alpha value is -2.33. The Morgan fingerprint density at radius 2 is 1.94 bits per heavy atom. The molecule has 4 atom stereocenters. The molecule has 1 aromatic carbocycles. The van der Waals surface area contributed by atoms with Crippen LogP contribution < -0.4 is 11.5 Å². The Morgan fingerprint density at radius 1 is 1.10 bits per heavy atom. The summed E-state index contributed by atoms with van der Waals surface area (Å²) in [6, 6.07) is 11.7. The van der Waals surface area contributed by atoms with E-state index in [2.05, 4.69) is 32.0 Å². The summed E-state index contributed by atoms with van der Waals surface area (Å²) < 4.78 is 2.69. The number of aliphatic hydroxyl groups is 2. The van der Waals surface area contributed by atoms with Gasteiger partial charge in [0.1, 0.15) is 22.9 Å². The number of hydrogen-bond acceptors (Lipinski definition) is 7. The van der Waals surface area contributed by atoms with E-state index in [4.69, 9.17) is 11.5 Å². The van der Waals surface area contributed by atoms with Crippen molar-refractivity contribution < 1.29 is 10.2 Å². The number of nitrogens with zero attached hydrogens (tertiary/aromatic N) is 3. The van der Waals surface area contributed by atoms with Crippen LogP contribution in [0.1, 0.15) is 17.4 Å². The second-order valence-corrected chi connectivity index (χ2v) is 10.0. The fourth-order valence-corrected chi connectivity index (χ4v) is 6.04. The summed E-state index contributed by atoms with van der Waals surface area (Å²) in [5.74, 6) is 0.464. The number of pyridine rings is 2. The van der Waals surface area contributed by atoms with Gasteiger partial charge in [0.15, 0.2) is 0 Å². The highest BCUT2D eigenvalue weighted by molar-refractivity contribution is 9.10. The van der Waals surface area contributed by atoms with Crippen LogP contribution >= 0.6 is 27.7 Å². The number of thioether (sulfide) groups is 1. The molecule has 0 bridgehead atoms. The van der Waals surface area contributed by atoms with Gasteiger partial charge in [0.2, 0.25) is 0 Å². The van der Waals surface area contributed by atoms with Crippen LogP contribution in [0, 0.1) is 0 Å². The number of nitrogen functional groups attached to an aromatic ring is 2. The van der Waals surface area contributed by atoms with Crippen molar-refractivity contribution in [2.75, 3.05) is 11.5 Å². The molecule has 31 heavy (non-hydrogen) atoms. The van der Waals surface area contributed by atoms with E-state index in [1.807, 2.05) is 35.0 Å². The molecule has 1 saturated heterocycles. The topological polar surface area (TPSA) is 123 Å². The smallest absolute Gasteiger partial charge is 0.142 e. The zero-order valence-corrected chi connectivity index (χ0v) is 18.9. The summed E-state index contributed by atoms with van der Waals surface area (Å²) in [5, 5.41) is 22.9. The Morgan fingerprint density at radius 3 is 2.77 bits per heavy atom. The maximum absolute atomic E-state index is 10.7. The van der Waals surface area contributed by atoms with Crippen LogP contribution in [0.25, 0.3) is 21.9 Å². The monoisotopic (exact) mass is 499 g/mol. The molecule has 0 amide bonds. The lowest BCUT2D eigenvalue weighted by Crippen LogP contribution is -2.31. The number of aryl methyl sites for hydroxylation is 1. The molecule has 7 nitrogen and oxygen atoms in total. The van der Waals surface area contributed by atoms with Gasteiger partial charge in [-0.3, -0.25) is 0 Å².